The smallest absolute Gasteiger partial charge is 0.258 e. The lowest BCUT2D eigenvalue weighted by molar-refractivity contribution is 0.102. The molecule has 0 radical (unpaired) electrons. The summed E-state index contributed by atoms with van der Waals surface area (Å²) in [4.78, 5) is 11.7. The van der Waals surface area contributed by atoms with Crippen LogP contribution in [0, 0.1) is 17.5 Å². The lowest BCUT2D eigenvalue weighted by Crippen LogP contribution is -2.14. The fraction of sp³-hybridized carbons (Fsp3) is 0. The van der Waals surface area contributed by atoms with Crippen molar-refractivity contribution in [2.24, 2.45) is 0 Å². The van der Waals surface area contributed by atoms with Gasteiger partial charge in [0.15, 0.2) is 0 Å². The molecule has 0 atom stereocenters. The van der Waals surface area contributed by atoms with E-state index in [2.05, 4.69) is 5.32 Å². The van der Waals surface area contributed by atoms with Gasteiger partial charge in [-0.1, -0.05) is 0 Å². The van der Waals surface area contributed by atoms with Gasteiger partial charge in [0, 0.05) is 11.4 Å². The van der Waals surface area contributed by atoms with E-state index >= 15 is 0 Å². The maximum atomic E-state index is 13.4. The molecule has 98 valence electrons. The second kappa shape index (κ2) is 5.01. The Kier molecular flexibility index (Phi) is 3.41. The first kappa shape index (κ1) is 12.9. The number of nitrogen functional groups attached to an aromatic ring is 1. The molecule has 0 aromatic heterocycles. The number of carbonyl (C=O) groups is 1. The minimum Gasteiger partial charge on any atom is -0.399 e. The highest BCUT2D eigenvalue weighted by Crippen LogP contribution is 2.17. The summed E-state index contributed by atoms with van der Waals surface area (Å²) in [5, 5.41) is 2.24. The van der Waals surface area contributed by atoms with E-state index in [1.807, 2.05) is 0 Å². The molecule has 2 aromatic rings. The third-order valence-corrected chi connectivity index (χ3v) is 2.35. The zero-order chi connectivity index (χ0) is 14.0. The third-order valence-electron chi connectivity index (χ3n) is 2.35. The number of carbonyl (C=O) groups excluding carboxylic acids is 1. The molecule has 0 spiro atoms. The van der Waals surface area contributed by atoms with Crippen LogP contribution >= 0.6 is 0 Å². The monoisotopic (exact) mass is 266 g/mol. The summed E-state index contributed by atoms with van der Waals surface area (Å²) in [6.45, 7) is 0. The Morgan fingerprint density at radius 1 is 1.00 bits per heavy atom. The summed E-state index contributed by atoms with van der Waals surface area (Å²) in [5.74, 6) is -3.15. The predicted molar refractivity (Wildman–Crippen MR) is 65.1 cm³/mol. The normalized spacial score (nSPS) is 10.3. The SMILES string of the molecule is Nc1cc(F)cc(NC(=O)c2cc(F)ccc2F)c1. The molecule has 2 rings (SSSR count). The standard InChI is InChI=1S/C13H9F3N2O/c14-7-1-2-12(16)11(5-7)13(19)18-10-4-8(15)3-9(17)6-10/h1-6H,17H2,(H,18,19). The van der Waals surface area contributed by atoms with Crippen LogP contribution in [-0.2, 0) is 0 Å². The summed E-state index contributed by atoms with van der Waals surface area (Å²) in [7, 11) is 0. The number of rotatable bonds is 2. The van der Waals surface area contributed by atoms with Gasteiger partial charge in [0.05, 0.1) is 5.56 Å². The molecule has 0 aliphatic carbocycles. The number of hydrogen-bond acceptors (Lipinski definition) is 2. The molecule has 0 unspecified atom stereocenters. The second-order valence-corrected chi connectivity index (χ2v) is 3.85. The number of amides is 1. The van der Waals surface area contributed by atoms with Crippen LogP contribution in [0.2, 0.25) is 0 Å². The van der Waals surface area contributed by atoms with Crippen molar-refractivity contribution in [1.82, 2.24) is 0 Å². The van der Waals surface area contributed by atoms with Crippen LogP contribution in [0.4, 0.5) is 24.5 Å². The lowest BCUT2D eigenvalue weighted by Gasteiger charge is -2.07. The van der Waals surface area contributed by atoms with Gasteiger partial charge in [-0.3, -0.25) is 4.79 Å². The molecule has 2 aromatic carbocycles. The quantitative estimate of drug-likeness (QED) is 0.821. The van der Waals surface area contributed by atoms with Gasteiger partial charge >= 0.3 is 0 Å². The highest BCUT2D eigenvalue weighted by molar-refractivity contribution is 6.04. The molecule has 0 heterocycles. The van der Waals surface area contributed by atoms with Crippen molar-refractivity contribution >= 4 is 17.3 Å². The predicted octanol–water partition coefficient (Wildman–Crippen LogP) is 2.94. The number of nitrogens with one attached hydrogen (secondary N) is 1. The van der Waals surface area contributed by atoms with E-state index in [0.29, 0.717) is 0 Å². The third kappa shape index (κ3) is 3.04. The molecule has 0 fully saturated rings. The van der Waals surface area contributed by atoms with Gasteiger partial charge in [-0.15, -0.1) is 0 Å². The number of benzene rings is 2. The molecule has 3 nitrogen and oxygen atoms in total. The molecule has 0 aliphatic rings. The Bertz CT molecular complexity index is 624. The molecule has 0 aliphatic heterocycles. The van der Waals surface area contributed by atoms with Crippen LogP contribution in [0.3, 0.4) is 0 Å². The van der Waals surface area contributed by atoms with E-state index in [9.17, 15) is 18.0 Å². The number of anilines is 2. The number of hydrogen-bond donors (Lipinski definition) is 2. The van der Waals surface area contributed by atoms with Crippen LogP contribution < -0.4 is 11.1 Å². The zero-order valence-electron chi connectivity index (χ0n) is 9.58. The van der Waals surface area contributed by atoms with Crippen molar-refractivity contribution in [3.05, 3.63) is 59.4 Å². The minimum atomic E-state index is -0.887. The zero-order valence-corrected chi connectivity index (χ0v) is 9.58. The molecule has 19 heavy (non-hydrogen) atoms. The van der Waals surface area contributed by atoms with Crippen molar-refractivity contribution in [3.8, 4) is 0 Å². The van der Waals surface area contributed by atoms with Crippen LogP contribution in [-0.4, -0.2) is 5.91 Å². The Balaban J connectivity index is 2.28. The molecule has 0 bridgehead atoms. The molecular formula is C13H9F3N2O. The van der Waals surface area contributed by atoms with E-state index in [4.69, 9.17) is 5.73 Å². The Morgan fingerprint density at radius 3 is 2.42 bits per heavy atom. The first-order valence-corrected chi connectivity index (χ1v) is 5.28. The Hall–Kier alpha value is -2.50. The van der Waals surface area contributed by atoms with Gasteiger partial charge in [0.25, 0.3) is 5.91 Å². The summed E-state index contributed by atoms with van der Waals surface area (Å²) < 4.78 is 39.4. The average molecular weight is 266 g/mol. The largest absolute Gasteiger partial charge is 0.399 e. The van der Waals surface area contributed by atoms with Gasteiger partial charge in [0.1, 0.15) is 17.5 Å². The van der Waals surface area contributed by atoms with Crippen LogP contribution in [0.15, 0.2) is 36.4 Å². The highest BCUT2D eigenvalue weighted by Gasteiger charge is 2.13. The van der Waals surface area contributed by atoms with E-state index < -0.39 is 28.9 Å². The van der Waals surface area contributed by atoms with Crippen molar-refractivity contribution in [1.29, 1.82) is 0 Å². The van der Waals surface area contributed by atoms with Crippen molar-refractivity contribution in [2.75, 3.05) is 11.1 Å². The fourth-order valence-electron chi connectivity index (χ4n) is 1.55. The van der Waals surface area contributed by atoms with Crippen LogP contribution in [0.25, 0.3) is 0 Å². The Morgan fingerprint density at radius 2 is 1.74 bits per heavy atom. The van der Waals surface area contributed by atoms with Crippen molar-refractivity contribution < 1.29 is 18.0 Å². The van der Waals surface area contributed by atoms with E-state index in [0.717, 1.165) is 30.3 Å². The van der Waals surface area contributed by atoms with Gasteiger partial charge < -0.3 is 11.1 Å². The maximum absolute atomic E-state index is 13.4. The molecule has 1 amide bonds. The van der Waals surface area contributed by atoms with E-state index in [1.165, 1.54) is 6.07 Å². The summed E-state index contributed by atoms with van der Waals surface area (Å²) >= 11 is 0. The second-order valence-electron chi connectivity index (χ2n) is 3.85. The summed E-state index contributed by atoms with van der Waals surface area (Å²) in [6, 6.07) is 5.88. The number of halogens is 3. The van der Waals surface area contributed by atoms with Gasteiger partial charge in [-0.2, -0.15) is 0 Å². The molecule has 6 heteroatoms. The Labute approximate surface area is 106 Å². The van der Waals surface area contributed by atoms with Gasteiger partial charge in [0.2, 0.25) is 0 Å². The summed E-state index contributed by atoms with van der Waals surface area (Å²) in [6.07, 6.45) is 0. The van der Waals surface area contributed by atoms with Gasteiger partial charge in [-0.25, -0.2) is 13.2 Å². The van der Waals surface area contributed by atoms with E-state index in [1.54, 1.807) is 0 Å². The highest BCUT2D eigenvalue weighted by atomic mass is 19.1. The van der Waals surface area contributed by atoms with Gasteiger partial charge in [-0.05, 0) is 36.4 Å². The average Bonchev–Trinajstić information content (AvgIpc) is 2.30. The molecule has 0 saturated carbocycles. The lowest BCUT2D eigenvalue weighted by atomic mass is 10.2. The van der Waals surface area contributed by atoms with Crippen molar-refractivity contribution in [2.45, 2.75) is 0 Å². The minimum absolute atomic E-state index is 0.0613. The van der Waals surface area contributed by atoms with Crippen molar-refractivity contribution in [3.63, 3.8) is 0 Å². The maximum Gasteiger partial charge on any atom is 0.258 e. The molecule has 3 N–H and O–H groups in total. The molecular weight excluding hydrogens is 257 g/mol. The van der Waals surface area contributed by atoms with E-state index in [-0.39, 0.29) is 11.4 Å². The first-order chi connectivity index (χ1) is 8.95. The first-order valence-electron chi connectivity index (χ1n) is 5.28. The summed E-state index contributed by atoms with van der Waals surface area (Å²) in [5.41, 5.74) is 5.10. The number of nitrogens with two attached hydrogens (primary N) is 1. The topological polar surface area (TPSA) is 55.1 Å². The molecule has 0 saturated heterocycles. The fourth-order valence-corrected chi connectivity index (χ4v) is 1.55. The van der Waals surface area contributed by atoms with Crippen LogP contribution in [0.1, 0.15) is 10.4 Å². The van der Waals surface area contributed by atoms with Crippen LogP contribution in [0.5, 0.6) is 0 Å².